The zero-order valence-corrected chi connectivity index (χ0v) is 15.8. The number of methoxy groups -OCH3 is 1. The normalized spacial score (nSPS) is 21.3. The number of esters is 1. The van der Waals surface area contributed by atoms with E-state index in [0.717, 1.165) is 23.5 Å². The predicted molar refractivity (Wildman–Crippen MR) is 90.6 cm³/mol. The first kappa shape index (κ1) is 22.7. The van der Waals surface area contributed by atoms with Crippen LogP contribution in [0.15, 0.2) is 23.1 Å². The van der Waals surface area contributed by atoms with Crippen LogP contribution in [0, 0.1) is 5.41 Å². The lowest BCUT2D eigenvalue weighted by Gasteiger charge is -2.23. The number of sulfonamides is 1. The first-order chi connectivity index (χ1) is 11.4. The van der Waals surface area contributed by atoms with Gasteiger partial charge in [0, 0.05) is 13.1 Å². The van der Waals surface area contributed by atoms with E-state index in [9.17, 15) is 26.4 Å². The molecule has 0 spiro atoms. The molecular formula is C15H20ClF3N2O4S. The number of carbonyl (C=O) groups excluding carboxylic acids is 1. The average molecular weight is 417 g/mol. The smallest absolute Gasteiger partial charge is 0.417 e. The Labute approximate surface area is 155 Å². The minimum Gasteiger partial charge on any atom is -0.465 e. The molecule has 0 bridgehead atoms. The van der Waals surface area contributed by atoms with E-state index < -0.39 is 43.6 Å². The van der Waals surface area contributed by atoms with Crippen molar-refractivity contribution >= 4 is 28.4 Å². The minimum atomic E-state index is -4.90. The molecule has 1 aliphatic rings. The molecule has 1 saturated heterocycles. The van der Waals surface area contributed by atoms with Crippen molar-refractivity contribution in [2.75, 3.05) is 26.7 Å². The third-order valence-corrected chi connectivity index (χ3v) is 6.20. The zero-order valence-electron chi connectivity index (χ0n) is 14.2. The summed E-state index contributed by atoms with van der Waals surface area (Å²) < 4.78 is 70.5. The number of hydrogen-bond donors (Lipinski definition) is 1. The number of benzene rings is 1. The molecule has 1 aliphatic heterocycles. The predicted octanol–water partition coefficient (Wildman–Crippen LogP) is 2.27. The van der Waals surface area contributed by atoms with Gasteiger partial charge in [-0.25, -0.2) is 13.2 Å². The molecule has 1 aromatic rings. The highest BCUT2D eigenvalue weighted by Crippen LogP contribution is 2.36. The van der Waals surface area contributed by atoms with Crippen molar-refractivity contribution in [1.29, 1.82) is 0 Å². The summed E-state index contributed by atoms with van der Waals surface area (Å²) in [5.41, 5.74) is 3.15. The summed E-state index contributed by atoms with van der Waals surface area (Å²) in [6.07, 6.45) is -4.37. The molecule has 2 rings (SSSR count). The van der Waals surface area contributed by atoms with Crippen LogP contribution in [-0.4, -0.2) is 45.4 Å². The maximum atomic E-state index is 13.2. The topological polar surface area (TPSA) is 89.7 Å². The van der Waals surface area contributed by atoms with E-state index in [0.29, 0.717) is 12.5 Å². The summed E-state index contributed by atoms with van der Waals surface area (Å²) in [7, 11) is -3.18. The van der Waals surface area contributed by atoms with Crippen LogP contribution in [0.2, 0.25) is 0 Å². The fraction of sp³-hybridized carbons (Fsp3) is 0.533. The van der Waals surface area contributed by atoms with E-state index in [-0.39, 0.29) is 32.0 Å². The number of ether oxygens (including phenoxy) is 1. The van der Waals surface area contributed by atoms with Crippen molar-refractivity contribution in [3.8, 4) is 0 Å². The first-order valence-corrected chi connectivity index (χ1v) is 8.88. The van der Waals surface area contributed by atoms with Crippen LogP contribution >= 0.6 is 12.4 Å². The van der Waals surface area contributed by atoms with Gasteiger partial charge in [-0.3, -0.25) is 0 Å². The first-order valence-electron chi connectivity index (χ1n) is 7.44. The lowest BCUT2D eigenvalue weighted by atomic mass is 9.90. The fourth-order valence-corrected chi connectivity index (χ4v) is 4.32. The van der Waals surface area contributed by atoms with Gasteiger partial charge in [-0.2, -0.15) is 17.5 Å². The van der Waals surface area contributed by atoms with Gasteiger partial charge in [0.2, 0.25) is 10.0 Å². The van der Waals surface area contributed by atoms with Crippen LogP contribution in [0.5, 0.6) is 0 Å². The molecule has 6 nitrogen and oxygen atoms in total. The van der Waals surface area contributed by atoms with Gasteiger partial charge < -0.3 is 10.5 Å². The SMILES string of the molecule is COC(=O)c1ccc(S(=O)(=O)N2CCC(C)(CN)C2)cc1C(F)(F)F.Cl. The van der Waals surface area contributed by atoms with Crippen LogP contribution in [-0.2, 0) is 20.9 Å². The molecule has 0 aliphatic carbocycles. The third-order valence-electron chi connectivity index (χ3n) is 4.36. The van der Waals surface area contributed by atoms with Gasteiger partial charge in [0.05, 0.1) is 23.1 Å². The molecule has 26 heavy (non-hydrogen) atoms. The fourth-order valence-electron chi connectivity index (χ4n) is 2.71. The number of nitrogens with zero attached hydrogens (tertiary/aromatic N) is 1. The van der Waals surface area contributed by atoms with Crippen molar-refractivity contribution < 1.29 is 31.1 Å². The maximum Gasteiger partial charge on any atom is 0.417 e. The monoisotopic (exact) mass is 416 g/mol. The molecule has 1 atom stereocenters. The molecule has 0 saturated carbocycles. The van der Waals surface area contributed by atoms with E-state index in [1.165, 1.54) is 0 Å². The van der Waals surface area contributed by atoms with Crippen molar-refractivity contribution in [1.82, 2.24) is 4.31 Å². The Morgan fingerprint density at radius 1 is 1.38 bits per heavy atom. The van der Waals surface area contributed by atoms with Crippen molar-refractivity contribution in [2.24, 2.45) is 11.1 Å². The standard InChI is InChI=1S/C15H19F3N2O4S.ClH/c1-14(8-19)5-6-20(9-14)25(22,23)10-3-4-11(13(21)24-2)12(7-10)15(16,17)18;/h3-4,7H,5-6,8-9,19H2,1-2H3;1H. The van der Waals surface area contributed by atoms with Gasteiger partial charge in [0.1, 0.15) is 0 Å². The molecule has 2 N–H and O–H groups in total. The maximum absolute atomic E-state index is 13.2. The van der Waals surface area contributed by atoms with Gasteiger partial charge in [0.15, 0.2) is 0 Å². The second kappa shape index (κ2) is 7.71. The van der Waals surface area contributed by atoms with Crippen LogP contribution < -0.4 is 5.73 Å². The Balaban J connectivity index is 0.00000338. The van der Waals surface area contributed by atoms with Gasteiger partial charge in [0.25, 0.3) is 0 Å². The number of halogens is 4. The molecule has 1 fully saturated rings. The summed E-state index contributed by atoms with van der Waals surface area (Å²) in [6.45, 7) is 2.40. The molecular weight excluding hydrogens is 397 g/mol. The van der Waals surface area contributed by atoms with Gasteiger partial charge in [-0.05, 0) is 36.6 Å². The second-order valence-electron chi connectivity index (χ2n) is 6.30. The summed E-state index contributed by atoms with van der Waals surface area (Å²) >= 11 is 0. The Bertz CT molecular complexity index is 786. The Morgan fingerprint density at radius 2 is 2.00 bits per heavy atom. The Kier molecular flexibility index (Phi) is 6.73. The lowest BCUT2D eigenvalue weighted by Crippen LogP contribution is -2.34. The van der Waals surface area contributed by atoms with E-state index in [1.807, 2.05) is 6.92 Å². The second-order valence-corrected chi connectivity index (χ2v) is 8.24. The highest BCUT2D eigenvalue weighted by Gasteiger charge is 2.41. The van der Waals surface area contributed by atoms with Crippen LogP contribution in [0.25, 0.3) is 0 Å². The molecule has 1 heterocycles. The zero-order chi connectivity index (χ0) is 19.0. The number of nitrogens with two attached hydrogens (primary N) is 1. The number of hydrogen-bond acceptors (Lipinski definition) is 5. The molecule has 0 aromatic heterocycles. The van der Waals surface area contributed by atoms with Crippen LogP contribution in [0.3, 0.4) is 0 Å². The lowest BCUT2D eigenvalue weighted by molar-refractivity contribution is -0.138. The van der Waals surface area contributed by atoms with Crippen molar-refractivity contribution in [2.45, 2.75) is 24.4 Å². The van der Waals surface area contributed by atoms with Crippen LogP contribution in [0.1, 0.15) is 29.3 Å². The van der Waals surface area contributed by atoms with E-state index in [4.69, 9.17) is 5.73 Å². The highest BCUT2D eigenvalue weighted by molar-refractivity contribution is 7.89. The number of carbonyl (C=O) groups is 1. The molecule has 1 unspecified atom stereocenters. The largest absolute Gasteiger partial charge is 0.465 e. The van der Waals surface area contributed by atoms with Gasteiger partial charge >= 0.3 is 12.1 Å². The van der Waals surface area contributed by atoms with Gasteiger partial charge in [-0.15, -0.1) is 12.4 Å². The average Bonchev–Trinajstić information content (AvgIpc) is 2.96. The quantitative estimate of drug-likeness (QED) is 0.760. The summed E-state index contributed by atoms with van der Waals surface area (Å²) in [5, 5.41) is 0. The summed E-state index contributed by atoms with van der Waals surface area (Å²) in [4.78, 5) is 11.0. The van der Waals surface area contributed by atoms with E-state index in [1.54, 1.807) is 0 Å². The third kappa shape index (κ3) is 4.30. The summed E-state index contributed by atoms with van der Waals surface area (Å²) in [6, 6.07) is 2.27. The number of rotatable bonds is 4. The molecule has 11 heteroatoms. The van der Waals surface area contributed by atoms with Crippen molar-refractivity contribution in [3.63, 3.8) is 0 Å². The Morgan fingerprint density at radius 3 is 2.46 bits per heavy atom. The molecule has 1 aromatic carbocycles. The minimum absolute atomic E-state index is 0. The van der Waals surface area contributed by atoms with E-state index >= 15 is 0 Å². The van der Waals surface area contributed by atoms with Crippen molar-refractivity contribution in [3.05, 3.63) is 29.3 Å². The Hall–Kier alpha value is -1.36. The highest BCUT2D eigenvalue weighted by atomic mass is 35.5. The molecule has 148 valence electrons. The molecule has 0 radical (unpaired) electrons. The molecule has 0 amide bonds. The van der Waals surface area contributed by atoms with Gasteiger partial charge in [-0.1, -0.05) is 6.92 Å². The van der Waals surface area contributed by atoms with E-state index in [2.05, 4.69) is 4.74 Å². The number of alkyl halides is 3. The van der Waals surface area contributed by atoms with Crippen LogP contribution in [0.4, 0.5) is 13.2 Å². The summed E-state index contributed by atoms with van der Waals surface area (Å²) in [5.74, 6) is -1.19.